The van der Waals surface area contributed by atoms with Gasteiger partial charge in [0, 0.05) is 45.0 Å². The average Bonchev–Trinajstić information content (AvgIpc) is 2.63. The maximum absolute atomic E-state index is 11.8. The molecule has 2 rings (SSSR count). The van der Waals surface area contributed by atoms with Gasteiger partial charge in [-0.3, -0.25) is 4.79 Å². The molecule has 0 spiro atoms. The summed E-state index contributed by atoms with van der Waals surface area (Å²) in [7, 11) is 5.73. The number of hydrogen-bond donors (Lipinski definition) is 0. The largest absolute Gasteiger partial charge is 0.370 e. The minimum absolute atomic E-state index is 0.0575. The number of hydrogen-bond acceptors (Lipinski definition) is 3. The second kappa shape index (κ2) is 6.06. The van der Waals surface area contributed by atoms with E-state index in [4.69, 9.17) is 0 Å². The Balaban J connectivity index is 2.07. The Hall–Kier alpha value is -1.55. The van der Waals surface area contributed by atoms with Crippen molar-refractivity contribution < 1.29 is 4.79 Å². The molecule has 1 aromatic carbocycles. The Morgan fingerprint density at radius 2 is 1.74 bits per heavy atom. The van der Waals surface area contributed by atoms with Crippen LogP contribution in [0.3, 0.4) is 0 Å². The predicted molar refractivity (Wildman–Crippen MR) is 78.8 cm³/mol. The quantitative estimate of drug-likeness (QED) is 0.808. The van der Waals surface area contributed by atoms with Crippen LogP contribution in [0.15, 0.2) is 24.3 Å². The minimum atomic E-state index is 0.0575. The minimum Gasteiger partial charge on any atom is -0.370 e. The number of likely N-dealkylation sites (N-methyl/N-ethyl adjacent to an activating group) is 1. The van der Waals surface area contributed by atoms with E-state index in [9.17, 15) is 4.79 Å². The van der Waals surface area contributed by atoms with E-state index in [1.54, 1.807) is 19.0 Å². The maximum atomic E-state index is 11.8. The molecule has 1 heterocycles. The monoisotopic (exact) mass is 261 g/mol. The lowest BCUT2D eigenvalue weighted by Gasteiger charge is -2.23. The van der Waals surface area contributed by atoms with E-state index in [0.29, 0.717) is 0 Å². The highest BCUT2D eigenvalue weighted by molar-refractivity contribution is 5.94. The first-order chi connectivity index (χ1) is 9.08. The summed E-state index contributed by atoms with van der Waals surface area (Å²) in [4.78, 5) is 18.2. The van der Waals surface area contributed by atoms with Crippen LogP contribution in [-0.2, 0) is 0 Å². The number of anilines is 1. The summed E-state index contributed by atoms with van der Waals surface area (Å²) in [5.41, 5.74) is 1.96. The number of nitrogens with zero attached hydrogens (tertiary/aromatic N) is 3. The lowest BCUT2D eigenvalue weighted by atomic mass is 10.1. The van der Waals surface area contributed by atoms with Gasteiger partial charge in [-0.2, -0.15) is 0 Å². The van der Waals surface area contributed by atoms with E-state index in [1.807, 2.05) is 12.1 Å². The molecule has 104 valence electrons. The summed E-state index contributed by atoms with van der Waals surface area (Å²) in [5, 5.41) is 0. The summed E-state index contributed by atoms with van der Waals surface area (Å²) < 4.78 is 0. The zero-order valence-corrected chi connectivity index (χ0v) is 12.1. The Labute approximate surface area is 115 Å². The first-order valence-electron chi connectivity index (χ1n) is 6.83. The molecule has 4 nitrogen and oxygen atoms in total. The van der Waals surface area contributed by atoms with Gasteiger partial charge in [-0.15, -0.1) is 0 Å². The van der Waals surface area contributed by atoms with Crippen molar-refractivity contribution in [3.05, 3.63) is 29.8 Å². The zero-order chi connectivity index (χ0) is 13.8. The van der Waals surface area contributed by atoms with Crippen molar-refractivity contribution in [2.24, 2.45) is 0 Å². The molecule has 19 heavy (non-hydrogen) atoms. The normalized spacial score (nSPS) is 17.1. The Bertz CT molecular complexity index is 428. The van der Waals surface area contributed by atoms with E-state index in [0.717, 1.165) is 31.7 Å². The molecule has 4 heteroatoms. The lowest BCUT2D eigenvalue weighted by Crippen LogP contribution is -2.28. The highest BCUT2D eigenvalue weighted by atomic mass is 16.2. The fourth-order valence-corrected chi connectivity index (χ4v) is 2.38. The molecule has 1 aliphatic heterocycles. The Morgan fingerprint density at radius 3 is 2.37 bits per heavy atom. The first-order valence-corrected chi connectivity index (χ1v) is 6.83. The fourth-order valence-electron chi connectivity index (χ4n) is 2.38. The smallest absolute Gasteiger partial charge is 0.253 e. The average molecular weight is 261 g/mol. The number of carbonyl (C=O) groups excluding carboxylic acids is 1. The molecule has 0 radical (unpaired) electrons. The first kappa shape index (κ1) is 13.9. The van der Waals surface area contributed by atoms with Crippen LogP contribution in [0, 0.1) is 0 Å². The van der Waals surface area contributed by atoms with Crippen molar-refractivity contribution in [1.82, 2.24) is 9.80 Å². The fraction of sp³-hybridized carbons (Fsp3) is 0.533. The molecule has 1 aliphatic rings. The third-order valence-electron chi connectivity index (χ3n) is 3.61. The third kappa shape index (κ3) is 3.47. The van der Waals surface area contributed by atoms with Crippen molar-refractivity contribution >= 4 is 11.6 Å². The molecule has 0 unspecified atom stereocenters. The van der Waals surface area contributed by atoms with Gasteiger partial charge in [0.15, 0.2) is 0 Å². The number of amides is 1. The molecule has 0 bridgehead atoms. The van der Waals surface area contributed by atoms with Crippen LogP contribution in [-0.4, -0.2) is 63.0 Å². The topological polar surface area (TPSA) is 26.8 Å². The van der Waals surface area contributed by atoms with Crippen LogP contribution in [0.25, 0.3) is 0 Å². The van der Waals surface area contributed by atoms with Gasteiger partial charge in [-0.25, -0.2) is 0 Å². The van der Waals surface area contributed by atoms with Gasteiger partial charge in [-0.1, -0.05) is 0 Å². The van der Waals surface area contributed by atoms with Gasteiger partial charge in [-0.05, 0) is 44.3 Å². The standard InChI is InChI=1S/C15H23N3O/c1-16(2)15(19)13-5-7-14(8-6-13)18-10-4-9-17(3)11-12-18/h5-8H,4,9-12H2,1-3H3. The molecule has 0 aromatic heterocycles. The molecule has 1 aromatic rings. The van der Waals surface area contributed by atoms with E-state index in [1.165, 1.54) is 12.1 Å². The summed E-state index contributed by atoms with van der Waals surface area (Å²) in [5.74, 6) is 0.0575. The molecular weight excluding hydrogens is 238 g/mol. The summed E-state index contributed by atoms with van der Waals surface area (Å²) in [6.07, 6.45) is 1.19. The van der Waals surface area contributed by atoms with Crippen LogP contribution in [0.2, 0.25) is 0 Å². The Morgan fingerprint density at radius 1 is 1.05 bits per heavy atom. The molecule has 0 N–H and O–H groups in total. The molecular formula is C15H23N3O. The van der Waals surface area contributed by atoms with Gasteiger partial charge >= 0.3 is 0 Å². The van der Waals surface area contributed by atoms with Gasteiger partial charge in [0.2, 0.25) is 0 Å². The van der Waals surface area contributed by atoms with E-state index in [2.05, 4.69) is 29.0 Å². The highest BCUT2D eigenvalue weighted by Crippen LogP contribution is 2.17. The van der Waals surface area contributed by atoms with Crippen LogP contribution in [0.5, 0.6) is 0 Å². The molecule has 1 amide bonds. The number of rotatable bonds is 2. The number of carbonyl (C=O) groups is 1. The molecule has 1 fully saturated rings. The summed E-state index contributed by atoms with van der Waals surface area (Å²) >= 11 is 0. The van der Waals surface area contributed by atoms with Crippen LogP contribution in [0.4, 0.5) is 5.69 Å². The van der Waals surface area contributed by atoms with Gasteiger partial charge in [0.25, 0.3) is 5.91 Å². The predicted octanol–water partition coefficient (Wildman–Crippen LogP) is 1.53. The van der Waals surface area contributed by atoms with Crippen molar-refractivity contribution in [3.8, 4) is 0 Å². The third-order valence-corrected chi connectivity index (χ3v) is 3.61. The van der Waals surface area contributed by atoms with Crippen molar-refractivity contribution in [3.63, 3.8) is 0 Å². The van der Waals surface area contributed by atoms with Crippen LogP contribution in [0.1, 0.15) is 16.8 Å². The molecule has 1 saturated heterocycles. The van der Waals surface area contributed by atoms with E-state index < -0.39 is 0 Å². The van der Waals surface area contributed by atoms with Gasteiger partial charge in [0.1, 0.15) is 0 Å². The maximum Gasteiger partial charge on any atom is 0.253 e. The van der Waals surface area contributed by atoms with Gasteiger partial charge < -0.3 is 14.7 Å². The van der Waals surface area contributed by atoms with E-state index >= 15 is 0 Å². The summed E-state index contributed by atoms with van der Waals surface area (Å²) in [6.45, 7) is 4.40. The van der Waals surface area contributed by atoms with E-state index in [-0.39, 0.29) is 5.91 Å². The van der Waals surface area contributed by atoms with Crippen molar-refractivity contribution in [2.75, 3.05) is 52.2 Å². The number of benzene rings is 1. The van der Waals surface area contributed by atoms with Crippen LogP contribution >= 0.6 is 0 Å². The second-order valence-corrected chi connectivity index (χ2v) is 5.39. The molecule has 0 saturated carbocycles. The zero-order valence-electron chi connectivity index (χ0n) is 12.1. The molecule has 0 atom stereocenters. The second-order valence-electron chi connectivity index (χ2n) is 5.39. The highest BCUT2D eigenvalue weighted by Gasteiger charge is 2.13. The van der Waals surface area contributed by atoms with Crippen molar-refractivity contribution in [1.29, 1.82) is 0 Å². The lowest BCUT2D eigenvalue weighted by molar-refractivity contribution is 0.0827. The SMILES string of the molecule is CN1CCCN(c2ccc(C(=O)N(C)C)cc2)CC1. The summed E-state index contributed by atoms with van der Waals surface area (Å²) in [6, 6.07) is 7.96. The van der Waals surface area contributed by atoms with Crippen LogP contribution < -0.4 is 4.90 Å². The Kier molecular flexibility index (Phi) is 4.43. The molecule has 0 aliphatic carbocycles. The van der Waals surface area contributed by atoms with Crippen molar-refractivity contribution in [2.45, 2.75) is 6.42 Å². The van der Waals surface area contributed by atoms with Gasteiger partial charge in [0.05, 0.1) is 0 Å².